The van der Waals surface area contributed by atoms with Gasteiger partial charge in [-0.2, -0.15) is 0 Å². The molecule has 4 aliphatic carbocycles. The monoisotopic (exact) mass is 286 g/mol. The fourth-order valence-corrected chi connectivity index (χ4v) is 5.97. The molecule has 2 heteroatoms. The molecule has 1 unspecified atom stereocenters. The van der Waals surface area contributed by atoms with Gasteiger partial charge in [0.2, 0.25) is 0 Å². The number of fused-ring (bicyclic) bond motifs is 5. The Hall–Kier alpha value is -0.890. The Morgan fingerprint density at radius 3 is 2.76 bits per heavy atom. The van der Waals surface area contributed by atoms with Crippen LogP contribution in [0.3, 0.4) is 0 Å². The first-order chi connectivity index (χ1) is 9.95. The first kappa shape index (κ1) is 13.8. The van der Waals surface area contributed by atoms with Crippen molar-refractivity contribution in [3.63, 3.8) is 0 Å². The summed E-state index contributed by atoms with van der Waals surface area (Å²) >= 11 is 0. The van der Waals surface area contributed by atoms with Crippen LogP contribution in [-0.4, -0.2) is 17.0 Å². The second kappa shape index (κ2) is 4.32. The molecular weight excluding hydrogens is 260 g/mol. The van der Waals surface area contributed by atoms with Crippen LogP contribution in [0, 0.1) is 28.6 Å². The molecule has 2 nitrogen and oxygen atoms in total. The number of hydrogen-bond donors (Lipinski definition) is 1. The van der Waals surface area contributed by atoms with Gasteiger partial charge in [-0.25, -0.2) is 0 Å². The molecule has 0 aromatic rings. The number of aliphatic hydroxyl groups is 1. The van der Waals surface area contributed by atoms with E-state index in [1.165, 1.54) is 12.0 Å². The zero-order chi connectivity index (χ0) is 14.8. The van der Waals surface area contributed by atoms with Crippen molar-refractivity contribution in [1.29, 1.82) is 0 Å². The third-order valence-corrected chi connectivity index (χ3v) is 7.47. The molecule has 4 rings (SSSR count). The van der Waals surface area contributed by atoms with Crippen molar-refractivity contribution >= 4 is 5.78 Å². The predicted molar refractivity (Wildman–Crippen MR) is 82.6 cm³/mol. The van der Waals surface area contributed by atoms with Crippen molar-refractivity contribution in [3.8, 4) is 0 Å². The maximum absolute atomic E-state index is 11.8. The molecule has 0 aromatic carbocycles. The number of carbonyl (C=O) groups is 1. The fourth-order valence-electron chi connectivity index (χ4n) is 5.97. The summed E-state index contributed by atoms with van der Waals surface area (Å²) in [6.07, 6.45) is 12.6. The second-order valence-electron chi connectivity index (χ2n) is 8.27. The third kappa shape index (κ3) is 1.72. The summed E-state index contributed by atoms with van der Waals surface area (Å²) in [5, 5.41) is 10.4. The Balaban J connectivity index is 1.75. The van der Waals surface area contributed by atoms with Crippen molar-refractivity contribution in [2.45, 2.75) is 58.5 Å². The van der Waals surface area contributed by atoms with Crippen molar-refractivity contribution < 1.29 is 9.90 Å². The van der Waals surface area contributed by atoms with Gasteiger partial charge in [-0.3, -0.25) is 4.79 Å². The van der Waals surface area contributed by atoms with Gasteiger partial charge in [0.05, 0.1) is 6.10 Å². The molecule has 21 heavy (non-hydrogen) atoms. The van der Waals surface area contributed by atoms with E-state index in [2.05, 4.69) is 26.0 Å². The maximum Gasteiger partial charge on any atom is 0.156 e. The zero-order valence-electron chi connectivity index (χ0n) is 13.1. The molecule has 0 aliphatic heterocycles. The third-order valence-electron chi connectivity index (χ3n) is 7.47. The summed E-state index contributed by atoms with van der Waals surface area (Å²) < 4.78 is 0. The number of allylic oxidation sites excluding steroid dienone is 4. The highest BCUT2D eigenvalue weighted by atomic mass is 16.3. The van der Waals surface area contributed by atoms with Gasteiger partial charge in [0.15, 0.2) is 5.78 Å². The first-order valence-electron chi connectivity index (χ1n) is 8.56. The number of carbonyl (C=O) groups excluding carboxylic acids is 1. The lowest BCUT2D eigenvalue weighted by molar-refractivity contribution is -0.116. The van der Waals surface area contributed by atoms with E-state index < -0.39 is 0 Å². The van der Waals surface area contributed by atoms with Crippen LogP contribution in [0.15, 0.2) is 23.8 Å². The van der Waals surface area contributed by atoms with Crippen molar-refractivity contribution in [1.82, 2.24) is 0 Å². The highest BCUT2D eigenvalue weighted by Gasteiger charge is 2.57. The zero-order valence-corrected chi connectivity index (χ0v) is 13.1. The molecular formula is C19H26O2. The minimum Gasteiger partial charge on any atom is -0.393 e. The molecule has 0 bridgehead atoms. The topological polar surface area (TPSA) is 37.3 Å². The molecule has 0 amide bonds. The summed E-state index contributed by atoms with van der Waals surface area (Å²) in [4.78, 5) is 11.8. The summed E-state index contributed by atoms with van der Waals surface area (Å²) in [7, 11) is 0. The van der Waals surface area contributed by atoms with Gasteiger partial charge in [0.25, 0.3) is 0 Å². The fraction of sp³-hybridized carbons (Fsp3) is 0.737. The van der Waals surface area contributed by atoms with Crippen molar-refractivity contribution in [3.05, 3.63) is 23.8 Å². The normalized spacial score (nSPS) is 52.0. The number of hydrogen-bond acceptors (Lipinski definition) is 2. The second-order valence-corrected chi connectivity index (χ2v) is 8.27. The molecule has 0 saturated heterocycles. The molecule has 1 N–H and O–H groups in total. The van der Waals surface area contributed by atoms with E-state index in [0.29, 0.717) is 30.0 Å². The quantitative estimate of drug-likeness (QED) is 0.738. The van der Waals surface area contributed by atoms with Crippen LogP contribution < -0.4 is 0 Å². The highest BCUT2D eigenvalue weighted by molar-refractivity contribution is 5.92. The van der Waals surface area contributed by atoms with E-state index in [1.807, 2.05) is 6.08 Å². The lowest BCUT2D eigenvalue weighted by atomic mass is 9.49. The molecule has 0 heterocycles. The van der Waals surface area contributed by atoms with Crippen LogP contribution in [0.1, 0.15) is 52.4 Å². The van der Waals surface area contributed by atoms with Crippen LogP contribution >= 0.6 is 0 Å². The van der Waals surface area contributed by atoms with E-state index in [0.717, 1.165) is 25.7 Å². The smallest absolute Gasteiger partial charge is 0.156 e. The predicted octanol–water partition coefficient (Wildman–Crippen LogP) is 3.66. The summed E-state index contributed by atoms with van der Waals surface area (Å²) in [5.74, 6) is 2.17. The minimum atomic E-state index is -0.116. The lowest BCUT2D eigenvalue weighted by Crippen LogP contribution is -2.49. The van der Waals surface area contributed by atoms with Gasteiger partial charge in [-0.1, -0.05) is 26.0 Å². The van der Waals surface area contributed by atoms with Crippen LogP contribution in [0.25, 0.3) is 0 Å². The standard InChI is InChI=1S/C19H26O2/c1-18-9-7-13(20)11-12(18)3-4-14-15-5-6-17(21)19(15,2)10-8-16(14)18/h3-4,11,14-17,21H,5-10H2,1-2H3/t14-,15-,16-,17-,18?,19-/m0/s1. The molecule has 4 aliphatic rings. The van der Waals surface area contributed by atoms with Crippen molar-refractivity contribution in [2.24, 2.45) is 28.6 Å². The van der Waals surface area contributed by atoms with E-state index >= 15 is 0 Å². The molecule has 2 fully saturated rings. The molecule has 6 atom stereocenters. The van der Waals surface area contributed by atoms with Gasteiger partial charge in [-0.15, -0.1) is 0 Å². The van der Waals surface area contributed by atoms with Gasteiger partial charge in [-0.05, 0) is 72.3 Å². The van der Waals surface area contributed by atoms with Crippen LogP contribution in [0.4, 0.5) is 0 Å². The Kier molecular flexibility index (Phi) is 2.83. The highest BCUT2D eigenvalue weighted by Crippen LogP contribution is 2.63. The molecule has 114 valence electrons. The first-order valence-corrected chi connectivity index (χ1v) is 8.56. The van der Waals surface area contributed by atoms with E-state index in [1.54, 1.807) is 0 Å². The molecule has 0 aromatic heterocycles. The van der Waals surface area contributed by atoms with Gasteiger partial charge < -0.3 is 5.11 Å². The Morgan fingerprint density at radius 2 is 1.95 bits per heavy atom. The molecule has 0 spiro atoms. The summed E-state index contributed by atoms with van der Waals surface area (Å²) in [6, 6.07) is 0. The minimum absolute atomic E-state index is 0.116. The van der Waals surface area contributed by atoms with Crippen molar-refractivity contribution in [2.75, 3.05) is 0 Å². The number of ketones is 1. The number of aliphatic hydroxyl groups excluding tert-OH is 1. The van der Waals surface area contributed by atoms with E-state index in [9.17, 15) is 9.90 Å². The van der Waals surface area contributed by atoms with Crippen LogP contribution in [-0.2, 0) is 4.79 Å². The summed E-state index contributed by atoms with van der Waals surface area (Å²) in [6.45, 7) is 4.68. The molecule has 0 radical (unpaired) electrons. The van der Waals surface area contributed by atoms with E-state index in [-0.39, 0.29) is 16.9 Å². The number of rotatable bonds is 0. The van der Waals surface area contributed by atoms with E-state index in [4.69, 9.17) is 0 Å². The molecule has 2 saturated carbocycles. The Bertz CT molecular complexity index is 546. The Morgan fingerprint density at radius 1 is 1.14 bits per heavy atom. The van der Waals surface area contributed by atoms with Gasteiger partial charge in [0, 0.05) is 6.42 Å². The van der Waals surface area contributed by atoms with Gasteiger partial charge >= 0.3 is 0 Å². The lowest BCUT2D eigenvalue weighted by Gasteiger charge is -2.55. The summed E-state index contributed by atoms with van der Waals surface area (Å²) in [5.41, 5.74) is 1.57. The van der Waals surface area contributed by atoms with Gasteiger partial charge in [0.1, 0.15) is 0 Å². The van der Waals surface area contributed by atoms with Crippen LogP contribution in [0.2, 0.25) is 0 Å². The average Bonchev–Trinajstić information content (AvgIpc) is 2.76. The van der Waals surface area contributed by atoms with Crippen LogP contribution in [0.5, 0.6) is 0 Å². The SMILES string of the molecule is CC12CCC(=O)C=C1C=C[C@@H]1[C@@H]2CC[C@]2(C)[C@@H](O)CC[C@@H]12. The Labute approximate surface area is 127 Å². The average molecular weight is 286 g/mol. The largest absolute Gasteiger partial charge is 0.393 e. The maximum atomic E-state index is 11.8.